The number of carbonyl (C=O) groups is 4. The lowest BCUT2D eigenvalue weighted by atomic mass is 9.96. The zero-order valence-corrected chi connectivity index (χ0v) is 12.9. The minimum absolute atomic E-state index is 0.0147. The van der Waals surface area contributed by atoms with Crippen LogP contribution in [-0.4, -0.2) is 69.8 Å². The number of carbonyl (C=O) groups excluding carboxylic acids is 4. The Morgan fingerprint density at radius 1 is 0.957 bits per heavy atom. The lowest BCUT2D eigenvalue weighted by Crippen LogP contribution is -2.57. The highest BCUT2D eigenvalue weighted by molar-refractivity contribution is 6.02. The van der Waals surface area contributed by atoms with E-state index in [9.17, 15) is 19.2 Å². The van der Waals surface area contributed by atoms with Crippen LogP contribution >= 0.6 is 0 Å². The van der Waals surface area contributed by atoms with E-state index in [1.54, 1.807) is 0 Å². The van der Waals surface area contributed by atoms with Gasteiger partial charge in [0.05, 0.1) is 0 Å². The van der Waals surface area contributed by atoms with Crippen LogP contribution in [-0.2, 0) is 9.59 Å². The van der Waals surface area contributed by atoms with Gasteiger partial charge in [0, 0.05) is 44.1 Å². The highest BCUT2D eigenvalue weighted by Crippen LogP contribution is 2.39. The maximum atomic E-state index is 12.7. The number of likely N-dealkylation sites (tertiary alicyclic amines) is 1. The molecule has 0 spiro atoms. The van der Waals surface area contributed by atoms with Crippen molar-refractivity contribution in [3.8, 4) is 0 Å². The number of imide groups is 2. The Balaban J connectivity index is 1.50. The number of hydrogen-bond acceptors (Lipinski definition) is 4. The summed E-state index contributed by atoms with van der Waals surface area (Å²) in [6.07, 6.45) is 3.63. The molecule has 0 aromatic rings. The van der Waals surface area contributed by atoms with E-state index in [1.807, 2.05) is 4.90 Å². The van der Waals surface area contributed by atoms with Crippen LogP contribution in [0.4, 0.5) is 9.59 Å². The normalized spacial score (nSPS) is 33.7. The van der Waals surface area contributed by atoms with Gasteiger partial charge in [-0.05, 0) is 25.7 Å². The summed E-state index contributed by atoms with van der Waals surface area (Å²) in [5, 5.41) is 2.65. The molecule has 1 N–H and O–H groups in total. The highest BCUT2D eigenvalue weighted by atomic mass is 16.2. The van der Waals surface area contributed by atoms with Crippen molar-refractivity contribution in [2.75, 3.05) is 13.1 Å². The second kappa shape index (κ2) is 5.21. The molecule has 4 saturated heterocycles. The first-order valence-electron chi connectivity index (χ1n) is 8.29. The Kier molecular flexibility index (Phi) is 3.28. The van der Waals surface area contributed by atoms with Crippen molar-refractivity contribution in [1.29, 1.82) is 0 Å². The number of urea groups is 2. The fourth-order valence-corrected chi connectivity index (χ4v) is 4.47. The third-order valence-corrected chi connectivity index (χ3v) is 5.47. The second-order valence-corrected chi connectivity index (χ2v) is 6.74. The van der Waals surface area contributed by atoms with E-state index in [0.717, 1.165) is 12.8 Å². The Bertz CT molecular complexity index is 562. The Hall–Kier alpha value is -2.12. The number of nitrogens with zero attached hydrogens (tertiary/aromatic N) is 3. The van der Waals surface area contributed by atoms with Gasteiger partial charge in [0.15, 0.2) is 0 Å². The molecule has 6 amide bonds. The van der Waals surface area contributed by atoms with Crippen LogP contribution in [0.3, 0.4) is 0 Å². The summed E-state index contributed by atoms with van der Waals surface area (Å²) < 4.78 is 0. The minimum Gasteiger partial charge on any atom is -0.336 e. The SMILES string of the molecule is O=C1NCCN1C(=O)N1C2CCC1CC(N1C(=O)CCC1=O)C2. The summed E-state index contributed by atoms with van der Waals surface area (Å²) in [5.41, 5.74) is 0. The fraction of sp³-hybridized carbons (Fsp3) is 0.733. The molecular formula is C15H20N4O4. The molecule has 124 valence electrons. The zero-order chi connectivity index (χ0) is 16.1. The highest BCUT2D eigenvalue weighted by Gasteiger charge is 2.49. The van der Waals surface area contributed by atoms with Crippen molar-refractivity contribution in [1.82, 2.24) is 20.0 Å². The first-order chi connectivity index (χ1) is 11.1. The van der Waals surface area contributed by atoms with Crippen molar-refractivity contribution in [2.24, 2.45) is 0 Å². The van der Waals surface area contributed by atoms with Gasteiger partial charge in [0.1, 0.15) is 0 Å². The van der Waals surface area contributed by atoms with E-state index in [2.05, 4.69) is 5.32 Å². The summed E-state index contributed by atoms with van der Waals surface area (Å²) >= 11 is 0. The van der Waals surface area contributed by atoms with Gasteiger partial charge in [0.2, 0.25) is 11.8 Å². The van der Waals surface area contributed by atoms with E-state index in [4.69, 9.17) is 0 Å². The Morgan fingerprint density at radius 2 is 1.57 bits per heavy atom. The molecule has 4 heterocycles. The number of amides is 6. The van der Waals surface area contributed by atoms with Crippen molar-refractivity contribution < 1.29 is 19.2 Å². The van der Waals surface area contributed by atoms with Gasteiger partial charge < -0.3 is 10.2 Å². The van der Waals surface area contributed by atoms with Crippen LogP contribution in [0.15, 0.2) is 0 Å². The van der Waals surface area contributed by atoms with Crippen molar-refractivity contribution in [3.05, 3.63) is 0 Å². The van der Waals surface area contributed by atoms with Gasteiger partial charge >= 0.3 is 12.1 Å². The van der Waals surface area contributed by atoms with Crippen LogP contribution in [0.25, 0.3) is 0 Å². The summed E-state index contributed by atoms with van der Waals surface area (Å²) in [6.45, 7) is 0.896. The van der Waals surface area contributed by atoms with Crippen molar-refractivity contribution >= 4 is 23.9 Å². The Labute approximate surface area is 133 Å². The quantitative estimate of drug-likeness (QED) is 0.703. The van der Waals surface area contributed by atoms with E-state index in [1.165, 1.54) is 9.80 Å². The van der Waals surface area contributed by atoms with Gasteiger partial charge in [-0.25, -0.2) is 14.5 Å². The smallest absolute Gasteiger partial charge is 0.328 e. The lowest BCUT2D eigenvalue weighted by Gasteiger charge is -2.42. The average Bonchev–Trinajstić information content (AvgIpc) is 3.16. The molecular weight excluding hydrogens is 300 g/mol. The number of hydrogen-bond donors (Lipinski definition) is 1. The van der Waals surface area contributed by atoms with Crippen LogP contribution in [0.5, 0.6) is 0 Å². The molecule has 0 aromatic carbocycles. The van der Waals surface area contributed by atoms with E-state index >= 15 is 0 Å². The van der Waals surface area contributed by atoms with Crippen LogP contribution < -0.4 is 5.32 Å². The number of rotatable bonds is 1. The average molecular weight is 320 g/mol. The minimum atomic E-state index is -0.332. The summed E-state index contributed by atoms with van der Waals surface area (Å²) in [7, 11) is 0. The van der Waals surface area contributed by atoms with Gasteiger partial charge in [-0.2, -0.15) is 0 Å². The third-order valence-electron chi connectivity index (χ3n) is 5.47. The summed E-state index contributed by atoms with van der Waals surface area (Å²) in [5.74, 6) is -0.170. The van der Waals surface area contributed by atoms with Crippen molar-refractivity contribution in [3.63, 3.8) is 0 Å². The Morgan fingerprint density at radius 3 is 2.09 bits per heavy atom. The first-order valence-corrected chi connectivity index (χ1v) is 8.29. The number of nitrogens with one attached hydrogen (secondary N) is 1. The van der Waals surface area contributed by atoms with E-state index < -0.39 is 0 Å². The maximum Gasteiger partial charge on any atom is 0.328 e. The zero-order valence-electron chi connectivity index (χ0n) is 12.9. The number of piperidine rings is 1. The standard InChI is InChI=1S/C15H20N4O4/c20-12-3-4-13(21)19(12)11-7-9-1-2-10(8-11)18(9)15(23)17-6-5-16-14(17)22/h9-11H,1-8H2,(H,16,22). The molecule has 2 unspecified atom stereocenters. The van der Waals surface area contributed by atoms with Gasteiger partial charge in [0.25, 0.3) is 0 Å². The van der Waals surface area contributed by atoms with Crippen molar-refractivity contribution in [2.45, 2.75) is 56.7 Å². The largest absolute Gasteiger partial charge is 0.336 e. The maximum absolute atomic E-state index is 12.7. The molecule has 0 aliphatic carbocycles. The molecule has 2 bridgehead atoms. The van der Waals surface area contributed by atoms with Gasteiger partial charge in [-0.3, -0.25) is 14.5 Å². The topological polar surface area (TPSA) is 90.0 Å². The predicted octanol–water partition coefficient (Wildman–Crippen LogP) is 0.276. The number of fused-ring (bicyclic) bond motifs is 2. The lowest BCUT2D eigenvalue weighted by molar-refractivity contribution is -0.142. The van der Waals surface area contributed by atoms with Crippen LogP contribution in [0, 0.1) is 0 Å². The molecule has 23 heavy (non-hydrogen) atoms. The summed E-state index contributed by atoms with van der Waals surface area (Å²) in [4.78, 5) is 52.8. The molecule has 4 fully saturated rings. The van der Waals surface area contributed by atoms with E-state index in [0.29, 0.717) is 38.8 Å². The molecule has 0 saturated carbocycles. The molecule has 4 aliphatic rings. The molecule has 8 heteroatoms. The monoisotopic (exact) mass is 320 g/mol. The first kappa shape index (κ1) is 14.5. The second-order valence-electron chi connectivity index (χ2n) is 6.74. The summed E-state index contributed by atoms with van der Waals surface area (Å²) in [6, 6.07) is -0.625. The van der Waals surface area contributed by atoms with Crippen LogP contribution in [0.1, 0.15) is 38.5 Å². The fourth-order valence-electron chi connectivity index (χ4n) is 4.47. The molecule has 2 atom stereocenters. The van der Waals surface area contributed by atoms with Gasteiger partial charge in [-0.1, -0.05) is 0 Å². The molecule has 0 radical (unpaired) electrons. The van der Waals surface area contributed by atoms with Gasteiger partial charge in [-0.15, -0.1) is 0 Å². The third kappa shape index (κ3) is 2.19. The molecule has 0 aromatic heterocycles. The van der Waals surface area contributed by atoms with Crippen LogP contribution in [0.2, 0.25) is 0 Å². The molecule has 4 rings (SSSR count). The predicted molar refractivity (Wildman–Crippen MR) is 78.3 cm³/mol. The molecule has 8 nitrogen and oxygen atoms in total. The van der Waals surface area contributed by atoms with E-state index in [-0.39, 0.29) is 42.0 Å². The molecule has 4 aliphatic heterocycles.